The monoisotopic (exact) mass is 382 g/mol. The molecule has 2 aromatic carbocycles. The SMILES string of the molecule is O=C(NCCOc1cccc(Br)c1)c1cc([N+](=O)[O-])ccc1F. The maximum Gasteiger partial charge on any atom is 0.270 e. The molecule has 0 aliphatic heterocycles. The third-order valence-electron chi connectivity index (χ3n) is 2.86. The summed E-state index contributed by atoms with van der Waals surface area (Å²) >= 11 is 3.30. The summed E-state index contributed by atoms with van der Waals surface area (Å²) < 4.78 is 19.9. The molecule has 6 nitrogen and oxygen atoms in total. The summed E-state index contributed by atoms with van der Waals surface area (Å²) in [6.07, 6.45) is 0. The van der Waals surface area contributed by atoms with Crippen molar-refractivity contribution in [1.29, 1.82) is 0 Å². The molecule has 0 saturated heterocycles. The van der Waals surface area contributed by atoms with E-state index in [0.717, 1.165) is 22.7 Å². The quantitative estimate of drug-likeness (QED) is 0.472. The maximum absolute atomic E-state index is 13.6. The fourth-order valence-corrected chi connectivity index (χ4v) is 2.16. The molecule has 0 heterocycles. The summed E-state index contributed by atoms with van der Waals surface area (Å²) in [7, 11) is 0. The Bertz CT molecular complexity index is 739. The van der Waals surface area contributed by atoms with Crippen LogP contribution in [0.5, 0.6) is 5.75 Å². The highest BCUT2D eigenvalue weighted by Gasteiger charge is 2.16. The molecule has 8 heteroatoms. The Balaban J connectivity index is 1.90. The molecule has 1 N–H and O–H groups in total. The Labute approximate surface area is 139 Å². The number of benzene rings is 2. The van der Waals surface area contributed by atoms with E-state index in [1.165, 1.54) is 0 Å². The van der Waals surface area contributed by atoms with Crippen LogP contribution < -0.4 is 10.1 Å². The van der Waals surface area contributed by atoms with Crippen LogP contribution in [0.3, 0.4) is 0 Å². The molecule has 0 unspecified atom stereocenters. The number of ether oxygens (including phenoxy) is 1. The highest BCUT2D eigenvalue weighted by atomic mass is 79.9. The molecule has 0 radical (unpaired) electrons. The highest BCUT2D eigenvalue weighted by molar-refractivity contribution is 9.10. The molecule has 0 aromatic heterocycles. The lowest BCUT2D eigenvalue weighted by Gasteiger charge is -2.08. The minimum Gasteiger partial charge on any atom is -0.492 e. The Morgan fingerprint density at radius 2 is 2.09 bits per heavy atom. The largest absolute Gasteiger partial charge is 0.492 e. The van der Waals surface area contributed by atoms with Crippen LogP contribution in [-0.2, 0) is 0 Å². The van der Waals surface area contributed by atoms with Gasteiger partial charge in [-0.2, -0.15) is 0 Å². The van der Waals surface area contributed by atoms with E-state index >= 15 is 0 Å². The minimum absolute atomic E-state index is 0.132. The number of carbonyl (C=O) groups excluding carboxylic acids is 1. The molecule has 0 spiro atoms. The predicted molar refractivity (Wildman–Crippen MR) is 85.0 cm³/mol. The van der Waals surface area contributed by atoms with Crippen molar-refractivity contribution in [3.63, 3.8) is 0 Å². The van der Waals surface area contributed by atoms with Gasteiger partial charge in [-0.15, -0.1) is 0 Å². The second-order valence-electron chi connectivity index (χ2n) is 4.48. The molecule has 0 bridgehead atoms. The highest BCUT2D eigenvalue weighted by Crippen LogP contribution is 2.18. The number of nitro groups is 1. The number of nitrogens with one attached hydrogen (secondary N) is 1. The van der Waals surface area contributed by atoms with Crippen molar-refractivity contribution in [1.82, 2.24) is 5.32 Å². The first-order valence-corrected chi connectivity index (χ1v) is 7.37. The van der Waals surface area contributed by atoms with Gasteiger partial charge in [-0.3, -0.25) is 14.9 Å². The van der Waals surface area contributed by atoms with Crippen molar-refractivity contribution in [3.8, 4) is 5.75 Å². The van der Waals surface area contributed by atoms with Gasteiger partial charge in [0.2, 0.25) is 0 Å². The van der Waals surface area contributed by atoms with Crippen molar-refractivity contribution in [2.75, 3.05) is 13.2 Å². The molecule has 0 fully saturated rings. The number of halogens is 2. The smallest absolute Gasteiger partial charge is 0.270 e. The topological polar surface area (TPSA) is 81.5 Å². The number of amides is 1. The van der Waals surface area contributed by atoms with Crippen LogP contribution in [0.25, 0.3) is 0 Å². The van der Waals surface area contributed by atoms with Crippen LogP contribution in [0.1, 0.15) is 10.4 Å². The van der Waals surface area contributed by atoms with E-state index in [1.807, 2.05) is 6.07 Å². The summed E-state index contributed by atoms with van der Waals surface area (Å²) in [6, 6.07) is 9.97. The van der Waals surface area contributed by atoms with Crippen LogP contribution >= 0.6 is 15.9 Å². The van der Waals surface area contributed by atoms with Gasteiger partial charge in [0.15, 0.2) is 0 Å². The Morgan fingerprint density at radius 3 is 2.78 bits per heavy atom. The lowest BCUT2D eigenvalue weighted by Crippen LogP contribution is -2.28. The molecule has 0 aliphatic carbocycles. The van der Waals surface area contributed by atoms with E-state index < -0.39 is 16.6 Å². The van der Waals surface area contributed by atoms with E-state index in [1.54, 1.807) is 18.2 Å². The van der Waals surface area contributed by atoms with E-state index in [4.69, 9.17) is 4.74 Å². The average Bonchev–Trinajstić information content (AvgIpc) is 2.51. The molecular weight excluding hydrogens is 371 g/mol. The van der Waals surface area contributed by atoms with Gasteiger partial charge in [0.05, 0.1) is 17.0 Å². The lowest BCUT2D eigenvalue weighted by atomic mass is 10.1. The molecule has 0 saturated carbocycles. The van der Waals surface area contributed by atoms with Crippen LogP contribution in [0.2, 0.25) is 0 Å². The zero-order chi connectivity index (χ0) is 16.8. The Hall–Kier alpha value is -2.48. The van der Waals surface area contributed by atoms with Crippen molar-refractivity contribution in [2.24, 2.45) is 0 Å². The summed E-state index contributed by atoms with van der Waals surface area (Å²) in [4.78, 5) is 21.8. The maximum atomic E-state index is 13.6. The average molecular weight is 383 g/mol. The van der Waals surface area contributed by atoms with Crippen LogP contribution in [-0.4, -0.2) is 24.0 Å². The molecule has 120 valence electrons. The molecular formula is C15H12BrFN2O4. The minimum atomic E-state index is -0.819. The fraction of sp³-hybridized carbons (Fsp3) is 0.133. The molecule has 0 atom stereocenters. The van der Waals surface area contributed by atoms with Gasteiger partial charge in [0.1, 0.15) is 18.2 Å². The van der Waals surface area contributed by atoms with Gasteiger partial charge in [-0.25, -0.2) is 4.39 Å². The second kappa shape index (κ2) is 7.68. The van der Waals surface area contributed by atoms with E-state index in [9.17, 15) is 19.3 Å². The van der Waals surface area contributed by atoms with Gasteiger partial charge < -0.3 is 10.1 Å². The van der Waals surface area contributed by atoms with Crippen LogP contribution in [0, 0.1) is 15.9 Å². The number of rotatable bonds is 6. The zero-order valence-electron chi connectivity index (χ0n) is 11.8. The molecule has 2 aromatic rings. The zero-order valence-corrected chi connectivity index (χ0v) is 13.4. The number of carbonyl (C=O) groups is 1. The second-order valence-corrected chi connectivity index (χ2v) is 5.40. The van der Waals surface area contributed by atoms with E-state index in [2.05, 4.69) is 21.2 Å². The first kappa shape index (κ1) is 16.9. The lowest BCUT2D eigenvalue weighted by molar-refractivity contribution is -0.384. The van der Waals surface area contributed by atoms with Gasteiger partial charge >= 0.3 is 0 Å². The van der Waals surface area contributed by atoms with E-state index in [0.29, 0.717) is 5.75 Å². The van der Waals surface area contributed by atoms with Crippen LogP contribution in [0.4, 0.5) is 10.1 Å². The number of nitro benzene ring substituents is 1. The molecule has 23 heavy (non-hydrogen) atoms. The van der Waals surface area contributed by atoms with Crippen molar-refractivity contribution < 1.29 is 18.8 Å². The van der Waals surface area contributed by atoms with Crippen LogP contribution in [0.15, 0.2) is 46.9 Å². The number of non-ortho nitro benzene ring substituents is 1. The third-order valence-corrected chi connectivity index (χ3v) is 3.35. The summed E-state index contributed by atoms with van der Waals surface area (Å²) in [5.74, 6) is -0.930. The number of hydrogen-bond donors (Lipinski definition) is 1. The van der Waals surface area contributed by atoms with Gasteiger partial charge in [-0.05, 0) is 24.3 Å². The fourth-order valence-electron chi connectivity index (χ4n) is 1.79. The first-order chi connectivity index (χ1) is 11.0. The Morgan fingerprint density at radius 1 is 1.30 bits per heavy atom. The van der Waals surface area contributed by atoms with Gasteiger partial charge in [0.25, 0.3) is 11.6 Å². The molecule has 2 rings (SSSR count). The molecule has 0 aliphatic rings. The van der Waals surface area contributed by atoms with Gasteiger partial charge in [-0.1, -0.05) is 22.0 Å². The van der Waals surface area contributed by atoms with Gasteiger partial charge in [0, 0.05) is 16.6 Å². The molecule has 1 amide bonds. The van der Waals surface area contributed by atoms with Crippen molar-refractivity contribution >= 4 is 27.5 Å². The normalized spacial score (nSPS) is 10.2. The standard InChI is InChI=1S/C15H12BrFN2O4/c16-10-2-1-3-12(8-10)23-7-6-18-15(20)13-9-11(19(21)22)4-5-14(13)17/h1-5,8-9H,6-7H2,(H,18,20). The predicted octanol–water partition coefficient (Wildman–Crippen LogP) is 3.31. The van der Waals surface area contributed by atoms with Crippen molar-refractivity contribution in [3.05, 3.63) is 68.4 Å². The Kier molecular flexibility index (Phi) is 5.64. The summed E-state index contributed by atoms with van der Waals surface area (Å²) in [5, 5.41) is 13.1. The summed E-state index contributed by atoms with van der Waals surface area (Å²) in [6.45, 7) is 0.312. The first-order valence-electron chi connectivity index (χ1n) is 6.58. The van der Waals surface area contributed by atoms with Crippen molar-refractivity contribution in [2.45, 2.75) is 0 Å². The van der Waals surface area contributed by atoms with E-state index in [-0.39, 0.29) is 24.4 Å². The number of hydrogen-bond acceptors (Lipinski definition) is 4. The third kappa shape index (κ3) is 4.75. The number of nitrogens with zero attached hydrogens (tertiary/aromatic N) is 1. The summed E-state index contributed by atoms with van der Waals surface area (Å²) in [5.41, 5.74) is -0.719.